The molecule has 1 aliphatic carbocycles. The Balaban J connectivity index is 0.00000242. The van der Waals surface area contributed by atoms with Crippen LogP contribution in [0.5, 0.6) is 0 Å². The van der Waals surface area contributed by atoms with Crippen molar-refractivity contribution in [2.24, 2.45) is 10.9 Å². The highest BCUT2D eigenvalue weighted by Gasteiger charge is 2.20. The number of aliphatic imine (C=N–C) groups is 1. The summed E-state index contributed by atoms with van der Waals surface area (Å²) >= 11 is 0. The van der Waals surface area contributed by atoms with Crippen LogP contribution >= 0.6 is 24.0 Å². The highest BCUT2D eigenvalue weighted by atomic mass is 127. The standard InChI is InChI=1S/C16H27N3O2.HI/c1-4-17-16(18-9-10-20-11-14-6-7-14)19-13(3)15-8-5-12(2)21-15;/h5,8,13-14H,4,6-7,9-11H2,1-3H3,(H2,17,18,19);1H. The predicted molar refractivity (Wildman–Crippen MR) is 99.9 cm³/mol. The van der Waals surface area contributed by atoms with Gasteiger partial charge in [-0.15, -0.1) is 24.0 Å². The number of ether oxygens (including phenoxy) is 1. The van der Waals surface area contributed by atoms with Gasteiger partial charge in [0.15, 0.2) is 5.96 Å². The highest BCUT2D eigenvalue weighted by Crippen LogP contribution is 2.28. The maximum Gasteiger partial charge on any atom is 0.191 e. The molecule has 1 heterocycles. The Kier molecular flexibility index (Phi) is 8.85. The monoisotopic (exact) mass is 421 g/mol. The fourth-order valence-electron chi connectivity index (χ4n) is 2.04. The fourth-order valence-corrected chi connectivity index (χ4v) is 2.04. The number of rotatable bonds is 8. The van der Waals surface area contributed by atoms with Gasteiger partial charge in [-0.05, 0) is 51.7 Å². The summed E-state index contributed by atoms with van der Waals surface area (Å²) in [6.07, 6.45) is 2.65. The van der Waals surface area contributed by atoms with E-state index >= 15 is 0 Å². The molecule has 1 aromatic rings. The molecule has 0 aliphatic heterocycles. The van der Waals surface area contributed by atoms with Crippen LogP contribution in [-0.4, -0.2) is 32.3 Å². The first-order valence-corrected chi connectivity index (χ1v) is 7.88. The summed E-state index contributed by atoms with van der Waals surface area (Å²) in [5.74, 6) is 3.45. The summed E-state index contributed by atoms with van der Waals surface area (Å²) in [6.45, 7) is 9.15. The van der Waals surface area contributed by atoms with Crippen molar-refractivity contribution in [2.75, 3.05) is 26.3 Å². The Morgan fingerprint density at radius 3 is 2.82 bits per heavy atom. The van der Waals surface area contributed by atoms with Crippen LogP contribution < -0.4 is 10.6 Å². The molecular formula is C16H28IN3O2. The predicted octanol–water partition coefficient (Wildman–Crippen LogP) is 3.25. The molecule has 0 bridgehead atoms. The van der Waals surface area contributed by atoms with E-state index in [0.717, 1.165) is 36.5 Å². The second-order valence-electron chi connectivity index (χ2n) is 5.59. The van der Waals surface area contributed by atoms with Gasteiger partial charge in [-0.1, -0.05) is 0 Å². The third kappa shape index (κ3) is 7.00. The third-order valence-corrected chi connectivity index (χ3v) is 3.44. The molecule has 0 amide bonds. The number of guanidine groups is 1. The van der Waals surface area contributed by atoms with E-state index in [-0.39, 0.29) is 30.0 Å². The van der Waals surface area contributed by atoms with Crippen LogP contribution in [0.25, 0.3) is 0 Å². The van der Waals surface area contributed by atoms with E-state index < -0.39 is 0 Å². The second-order valence-corrected chi connectivity index (χ2v) is 5.59. The molecule has 2 N–H and O–H groups in total. The quantitative estimate of drug-likeness (QED) is 0.293. The minimum Gasteiger partial charge on any atom is -0.464 e. The van der Waals surface area contributed by atoms with E-state index in [1.807, 2.05) is 19.1 Å². The summed E-state index contributed by atoms with van der Waals surface area (Å²) in [7, 11) is 0. The molecule has 22 heavy (non-hydrogen) atoms. The average molecular weight is 421 g/mol. The number of furan rings is 1. The van der Waals surface area contributed by atoms with Crippen molar-refractivity contribution >= 4 is 29.9 Å². The molecule has 1 fully saturated rings. The van der Waals surface area contributed by atoms with Crippen molar-refractivity contribution in [1.29, 1.82) is 0 Å². The van der Waals surface area contributed by atoms with Crippen molar-refractivity contribution < 1.29 is 9.15 Å². The van der Waals surface area contributed by atoms with Crippen LogP contribution in [0.4, 0.5) is 0 Å². The molecule has 6 heteroatoms. The molecule has 0 spiro atoms. The fraction of sp³-hybridized carbons (Fsp3) is 0.688. The van der Waals surface area contributed by atoms with Crippen molar-refractivity contribution in [3.8, 4) is 0 Å². The van der Waals surface area contributed by atoms with Gasteiger partial charge in [-0.25, -0.2) is 0 Å². The lowest BCUT2D eigenvalue weighted by Crippen LogP contribution is -2.38. The maximum absolute atomic E-state index is 5.63. The zero-order chi connectivity index (χ0) is 15.1. The number of nitrogens with one attached hydrogen (secondary N) is 2. The topological polar surface area (TPSA) is 58.8 Å². The van der Waals surface area contributed by atoms with E-state index in [2.05, 4.69) is 29.5 Å². The minimum atomic E-state index is 0. The Labute approximate surface area is 150 Å². The lowest BCUT2D eigenvalue weighted by atomic mass is 10.2. The minimum absolute atomic E-state index is 0. The number of aryl methyl sites for hydroxylation is 1. The van der Waals surface area contributed by atoms with Crippen molar-refractivity contribution in [3.05, 3.63) is 23.7 Å². The van der Waals surface area contributed by atoms with Crippen LogP contribution in [0, 0.1) is 12.8 Å². The van der Waals surface area contributed by atoms with Gasteiger partial charge in [0.2, 0.25) is 0 Å². The molecular weight excluding hydrogens is 393 g/mol. The molecule has 1 aromatic heterocycles. The van der Waals surface area contributed by atoms with Crippen LogP contribution in [0.1, 0.15) is 44.3 Å². The summed E-state index contributed by atoms with van der Waals surface area (Å²) in [5.41, 5.74) is 0. The smallest absolute Gasteiger partial charge is 0.191 e. The van der Waals surface area contributed by atoms with Crippen LogP contribution in [-0.2, 0) is 4.74 Å². The number of hydrogen-bond donors (Lipinski definition) is 2. The summed E-state index contributed by atoms with van der Waals surface area (Å²) in [5, 5.41) is 6.59. The Hall–Kier alpha value is -0.760. The number of nitrogens with zero attached hydrogens (tertiary/aromatic N) is 1. The first kappa shape index (κ1) is 19.3. The molecule has 1 atom stereocenters. The lowest BCUT2D eigenvalue weighted by molar-refractivity contribution is 0.131. The SMILES string of the molecule is CCNC(=NCCOCC1CC1)NC(C)c1ccc(C)o1.I. The van der Waals surface area contributed by atoms with Crippen molar-refractivity contribution in [3.63, 3.8) is 0 Å². The van der Waals surface area contributed by atoms with E-state index in [1.54, 1.807) is 0 Å². The van der Waals surface area contributed by atoms with Crippen LogP contribution in [0.2, 0.25) is 0 Å². The molecule has 0 saturated heterocycles. The Bertz CT molecular complexity index is 458. The number of hydrogen-bond acceptors (Lipinski definition) is 3. The van der Waals surface area contributed by atoms with Gasteiger partial charge in [0.05, 0.1) is 19.2 Å². The Morgan fingerprint density at radius 2 is 2.23 bits per heavy atom. The normalized spacial score (nSPS) is 16.0. The van der Waals surface area contributed by atoms with E-state index in [9.17, 15) is 0 Å². The molecule has 2 rings (SSSR count). The van der Waals surface area contributed by atoms with Crippen molar-refractivity contribution in [1.82, 2.24) is 10.6 Å². The molecule has 1 unspecified atom stereocenters. The van der Waals surface area contributed by atoms with Gasteiger partial charge in [-0.2, -0.15) is 0 Å². The largest absolute Gasteiger partial charge is 0.464 e. The molecule has 126 valence electrons. The summed E-state index contributed by atoms with van der Waals surface area (Å²) in [4.78, 5) is 4.53. The number of halogens is 1. The third-order valence-electron chi connectivity index (χ3n) is 3.44. The Morgan fingerprint density at radius 1 is 1.45 bits per heavy atom. The van der Waals surface area contributed by atoms with Gasteiger partial charge in [0.1, 0.15) is 11.5 Å². The molecule has 0 aromatic carbocycles. The second kappa shape index (κ2) is 10.1. The highest BCUT2D eigenvalue weighted by molar-refractivity contribution is 14.0. The van der Waals surface area contributed by atoms with Gasteiger partial charge in [-0.3, -0.25) is 4.99 Å². The molecule has 1 aliphatic rings. The first-order valence-electron chi connectivity index (χ1n) is 7.88. The summed E-state index contributed by atoms with van der Waals surface area (Å²) in [6, 6.07) is 4.06. The first-order chi connectivity index (χ1) is 10.2. The van der Waals surface area contributed by atoms with Crippen LogP contribution in [0.3, 0.4) is 0 Å². The van der Waals surface area contributed by atoms with E-state index in [0.29, 0.717) is 13.2 Å². The van der Waals surface area contributed by atoms with Crippen LogP contribution in [0.15, 0.2) is 21.5 Å². The van der Waals surface area contributed by atoms with Gasteiger partial charge < -0.3 is 19.8 Å². The average Bonchev–Trinajstić information content (AvgIpc) is 3.18. The van der Waals surface area contributed by atoms with Crippen molar-refractivity contribution in [2.45, 2.75) is 39.7 Å². The molecule has 1 saturated carbocycles. The van der Waals surface area contributed by atoms with Gasteiger partial charge in [0, 0.05) is 13.2 Å². The van der Waals surface area contributed by atoms with E-state index in [4.69, 9.17) is 9.15 Å². The summed E-state index contributed by atoms with van der Waals surface area (Å²) < 4.78 is 11.2. The zero-order valence-electron chi connectivity index (χ0n) is 13.7. The lowest BCUT2D eigenvalue weighted by Gasteiger charge is -2.16. The maximum atomic E-state index is 5.63. The zero-order valence-corrected chi connectivity index (χ0v) is 16.1. The molecule has 5 nitrogen and oxygen atoms in total. The van der Waals surface area contributed by atoms with Gasteiger partial charge >= 0.3 is 0 Å². The molecule has 0 radical (unpaired) electrons. The van der Waals surface area contributed by atoms with Gasteiger partial charge in [0.25, 0.3) is 0 Å². The van der Waals surface area contributed by atoms with E-state index in [1.165, 1.54) is 12.8 Å².